The third-order valence-corrected chi connectivity index (χ3v) is 4.95. The van der Waals surface area contributed by atoms with Gasteiger partial charge in [0, 0.05) is 23.7 Å². The number of benzene rings is 3. The Morgan fingerprint density at radius 2 is 1.52 bits per heavy atom. The first-order valence-corrected chi connectivity index (χ1v) is 9.70. The van der Waals surface area contributed by atoms with Gasteiger partial charge in [-0.25, -0.2) is 4.90 Å². The molecule has 31 heavy (non-hydrogen) atoms. The van der Waals surface area contributed by atoms with Crippen LogP contribution in [-0.4, -0.2) is 24.8 Å². The van der Waals surface area contributed by atoms with Crippen LogP contribution in [0, 0.1) is 0 Å². The van der Waals surface area contributed by atoms with E-state index in [1.54, 1.807) is 78.9 Å². The summed E-state index contributed by atoms with van der Waals surface area (Å²) in [5, 5.41) is 2.71. The number of carbonyl (C=O) groups is 3. The summed E-state index contributed by atoms with van der Waals surface area (Å²) in [7, 11) is 1.50. The molecule has 0 aromatic heterocycles. The van der Waals surface area contributed by atoms with Crippen molar-refractivity contribution in [1.29, 1.82) is 0 Å². The topological polar surface area (TPSA) is 75.7 Å². The highest BCUT2D eigenvalue weighted by molar-refractivity contribution is 6.43. The summed E-state index contributed by atoms with van der Waals surface area (Å²) in [6.07, 6.45) is 1.74. The van der Waals surface area contributed by atoms with Crippen LogP contribution >= 0.6 is 0 Å². The maximum Gasteiger partial charge on any atom is 0.266 e. The lowest BCUT2D eigenvalue weighted by atomic mass is 9.91. The number of carbonyl (C=O) groups excluding carboxylic acids is 3. The molecule has 154 valence electrons. The number of amides is 3. The predicted octanol–water partition coefficient (Wildman–Crippen LogP) is 4.38. The minimum Gasteiger partial charge on any atom is -0.495 e. The van der Waals surface area contributed by atoms with Gasteiger partial charge in [-0.05, 0) is 47.5 Å². The Labute approximate surface area is 179 Å². The van der Waals surface area contributed by atoms with Crippen LogP contribution < -0.4 is 15.0 Å². The maximum absolute atomic E-state index is 13.5. The van der Waals surface area contributed by atoms with E-state index in [9.17, 15) is 14.4 Å². The third kappa shape index (κ3) is 3.83. The van der Waals surface area contributed by atoms with Gasteiger partial charge in [0.2, 0.25) is 5.91 Å². The summed E-state index contributed by atoms with van der Waals surface area (Å²) < 4.78 is 5.38. The van der Waals surface area contributed by atoms with E-state index in [2.05, 4.69) is 5.32 Å². The number of nitrogens with zero attached hydrogens (tertiary/aromatic N) is 1. The van der Waals surface area contributed by atoms with Crippen LogP contribution in [-0.2, 0) is 9.59 Å². The Balaban J connectivity index is 1.82. The van der Waals surface area contributed by atoms with Crippen molar-refractivity contribution in [3.8, 4) is 5.75 Å². The molecule has 1 aliphatic rings. The first-order chi connectivity index (χ1) is 15.0. The van der Waals surface area contributed by atoms with E-state index in [0.29, 0.717) is 33.8 Å². The zero-order valence-corrected chi connectivity index (χ0v) is 17.1. The molecule has 1 N–H and O–H groups in total. The third-order valence-electron chi connectivity index (χ3n) is 4.95. The zero-order chi connectivity index (χ0) is 22.0. The lowest BCUT2D eigenvalue weighted by Crippen LogP contribution is -2.42. The van der Waals surface area contributed by atoms with Crippen molar-refractivity contribution in [2.75, 3.05) is 17.3 Å². The molecule has 0 radical (unpaired) electrons. The number of fused-ring (bicyclic) bond motifs is 1. The van der Waals surface area contributed by atoms with Gasteiger partial charge in [-0.3, -0.25) is 14.4 Å². The Kier molecular flexibility index (Phi) is 5.37. The molecule has 4 rings (SSSR count). The van der Waals surface area contributed by atoms with E-state index in [0.717, 1.165) is 10.5 Å². The maximum atomic E-state index is 13.5. The monoisotopic (exact) mass is 412 g/mol. The smallest absolute Gasteiger partial charge is 0.266 e. The lowest BCUT2D eigenvalue weighted by Gasteiger charge is -2.29. The highest BCUT2D eigenvalue weighted by Crippen LogP contribution is 2.37. The molecule has 3 aromatic rings. The van der Waals surface area contributed by atoms with Crippen molar-refractivity contribution in [3.63, 3.8) is 0 Å². The number of ether oxygens (including phenoxy) is 1. The highest BCUT2D eigenvalue weighted by atomic mass is 16.5. The second-order valence-electron chi connectivity index (χ2n) is 7.02. The lowest BCUT2D eigenvalue weighted by molar-refractivity contribution is -0.114. The number of hydrogen-bond acceptors (Lipinski definition) is 4. The van der Waals surface area contributed by atoms with Crippen LogP contribution in [0.25, 0.3) is 11.6 Å². The van der Waals surface area contributed by atoms with E-state index >= 15 is 0 Å². The Morgan fingerprint density at radius 1 is 0.871 bits per heavy atom. The van der Waals surface area contributed by atoms with Crippen molar-refractivity contribution in [2.45, 2.75) is 6.92 Å². The van der Waals surface area contributed by atoms with Gasteiger partial charge in [-0.1, -0.05) is 42.5 Å². The van der Waals surface area contributed by atoms with Crippen LogP contribution in [0.4, 0.5) is 11.4 Å². The van der Waals surface area contributed by atoms with Crippen molar-refractivity contribution in [3.05, 3.63) is 89.5 Å². The fraction of sp³-hybridized carbons (Fsp3) is 0.0800. The van der Waals surface area contributed by atoms with E-state index < -0.39 is 11.8 Å². The SMILES string of the molecule is COc1ccccc1N1C(=O)/C(=C\c2ccc(NC(C)=O)cc2)c2ccccc2C1=O. The number of methoxy groups -OCH3 is 1. The molecule has 0 spiro atoms. The summed E-state index contributed by atoms with van der Waals surface area (Å²) in [5.74, 6) is -0.557. The zero-order valence-electron chi connectivity index (χ0n) is 17.1. The molecule has 6 nitrogen and oxygen atoms in total. The number of nitrogens with one attached hydrogen (secondary N) is 1. The van der Waals surface area contributed by atoms with Gasteiger partial charge < -0.3 is 10.1 Å². The van der Waals surface area contributed by atoms with Gasteiger partial charge in [0.25, 0.3) is 11.8 Å². The Hall–Kier alpha value is -4.19. The number of hydrogen-bond donors (Lipinski definition) is 1. The van der Waals surface area contributed by atoms with Gasteiger partial charge in [0.15, 0.2) is 0 Å². The van der Waals surface area contributed by atoms with E-state index in [1.165, 1.54) is 14.0 Å². The summed E-state index contributed by atoms with van der Waals surface area (Å²) in [6.45, 7) is 1.44. The van der Waals surface area contributed by atoms with Crippen LogP contribution in [0.1, 0.15) is 28.4 Å². The average molecular weight is 412 g/mol. The van der Waals surface area contributed by atoms with Crippen LogP contribution in [0.15, 0.2) is 72.8 Å². The van der Waals surface area contributed by atoms with Gasteiger partial charge in [0.1, 0.15) is 5.75 Å². The number of rotatable bonds is 4. The predicted molar refractivity (Wildman–Crippen MR) is 120 cm³/mol. The van der Waals surface area contributed by atoms with E-state index in [-0.39, 0.29) is 5.91 Å². The van der Waals surface area contributed by atoms with Crippen molar-refractivity contribution in [2.24, 2.45) is 0 Å². The molecule has 1 aliphatic heterocycles. The van der Waals surface area contributed by atoms with Crippen molar-refractivity contribution in [1.82, 2.24) is 0 Å². The van der Waals surface area contributed by atoms with E-state index in [1.807, 2.05) is 0 Å². The molecule has 1 heterocycles. The quantitative estimate of drug-likeness (QED) is 0.510. The molecule has 0 bridgehead atoms. The van der Waals surface area contributed by atoms with Gasteiger partial charge in [-0.15, -0.1) is 0 Å². The second kappa shape index (κ2) is 8.28. The van der Waals surface area contributed by atoms with Crippen LogP contribution in [0.3, 0.4) is 0 Å². The van der Waals surface area contributed by atoms with Crippen molar-refractivity contribution >= 4 is 40.7 Å². The molecular formula is C25H20N2O4. The Bertz CT molecular complexity index is 1210. The van der Waals surface area contributed by atoms with Gasteiger partial charge in [0.05, 0.1) is 12.8 Å². The largest absolute Gasteiger partial charge is 0.495 e. The first-order valence-electron chi connectivity index (χ1n) is 9.70. The van der Waals surface area contributed by atoms with Gasteiger partial charge in [-0.2, -0.15) is 0 Å². The normalized spacial score (nSPS) is 14.4. The average Bonchev–Trinajstić information content (AvgIpc) is 2.78. The van der Waals surface area contributed by atoms with Crippen LogP contribution in [0.5, 0.6) is 5.75 Å². The summed E-state index contributed by atoms with van der Waals surface area (Å²) in [5.41, 5.74) is 3.23. The summed E-state index contributed by atoms with van der Waals surface area (Å²) in [6, 6.07) is 21.1. The van der Waals surface area contributed by atoms with Gasteiger partial charge >= 0.3 is 0 Å². The number of imide groups is 1. The first kappa shape index (κ1) is 20.1. The summed E-state index contributed by atoms with van der Waals surface area (Å²) >= 11 is 0. The van der Waals surface area contributed by atoms with Crippen molar-refractivity contribution < 1.29 is 19.1 Å². The highest BCUT2D eigenvalue weighted by Gasteiger charge is 2.36. The molecule has 3 amide bonds. The fourth-order valence-electron chi connectivity index (χ4n) is 3.56. The van der Waals surface area contributed by atoms with E-state index in [4.69, 9.17) is 4.74 Å². The fourth-order valence-corrected chi connectivity index (χ4v) is 3.56. The minimum absolute atomic E-state index is 0.159. The molecule has 0 aliphatic carbocycles. The molecule has 0 unspecified atom stereocenters. The molecule has 0 atom stereocenters. The van der Waals surface area contributed by atoms with Crippen LogP contribution in [0.2, 0.25) is 0 Å². The Morgan fingerprint density at radius 3 is 2.19 bits per heavy atom. The molecular weight excluding hydrogens is 392 g/mol. The number of para-hydroxylation sites is 2. The standard InChI is InChI=1S/C25H20N2O4/c1-16(28)26-18-13-11-17(12-14-18)15-21-19-7-3-4-8-20(19)24(29)27(25(21)30)22-9-5-6-10-23(22)31-2/h3-15H,1-2H3,(H,26,28)/b21-15-. The second-order valence-corrected chi connectivity index (χ2v) is 7.02. The molecule has 3 aromatic carbocycles. The number of anilines is 2. The molecule has 0 saturated carbocycles. The molecule has 6 heteroatoms. The molecule has 0 saturated heterocycles. The minimum atomic E-state index is -0.431. The molecule has 0 fully saturated rings. The summed E-state index contributed by atoms with van der Waals surface area (Å²) in [4.78, 5) is 39.1.